The fraction of sp³-hybridized carbons (Fsp3) is 0.591. The van der Waals surface area contributed by atoms with E-state index in [1.165, 1.54) is 4.31 Å². The molecule has 0 spiro atoms. The van der Waals surface area contributed by atoms with Crippen molar-refractivity contribution in [2.24, 2.45) is 5.92 Å². The Morgan fingerprint density at radius 3 is 2.62 bits per heavy atom. The number of aliphatic hydroxyl groups is 1. The Balaban J connectivity index is 1.54. The van der Waals surface area contributed by atoms with Gasteiger partial charge in [0.15, 0.2) is 0 Å². The number of fused-ring (bicyclic) bond motifs is 1. The molecule has 3 rings (SSSR count). The molecular formula is C22H32N2O4S. The molecule has 1 fully saturated rings. The van der Waals surface area contributed by atoms with Crippen molar-refractivity contribution in [1.29, 1.82) is 0 Å². The summed E-state index contributed by atoms with van der Waals surface area (Å²) in [5.74, 6) is 0.0751. The number of aromatic nitrogens is 1. The van der Waals surface area contributed by atoms with E-state index in [1.807, 2.05) is 39.0 Å². The minimum Gasteiger partial charge on any atom is -0.392 e. The van der Waals surface area contributed by atoms with E-state index in [9.17, 15) is 13.5 Å². The highest BCUT2D eigenvalue weighted by Gasteiger charge is 2.30. The van der Waals surface area contributed by atoms with Gasteiger partial charge in [0.1, 0.15) is 0 Å². The number of pyridine rings is 1. The zero-order valence-corrected chi connectivity index (χ0v) is 18.4. The quantitative estimate of drug-likeness (QED) is 0.709. The summed E-state index contributed by atoms with van der Waals surface area (Å²) in [6.45, 7) is 7.31. The smallest absolute Gasteiger partial charge is 0.216 e. The van der Waals surface area contributed by atoms with Crippen LogP contribution in [0.2, 0.25) is 0 Å². The molecule has 2 aromatic rings. The Labute approximate surface area is 173 Å². The van der Waals surface area contributed by atoms with Crippen LogP contribution in [-0.2, 0) is 21.4 Å². The summed E-state index contributed by atoms with van der Waals surface area (Å²) < 4.78 is 32.8. The van der Waals surface area contributed by atoms with Crippen LogP contribution in [0.25, 0.3) is 10.9 Å². The monoisotopic (exact) mass is 420 g/mol. The zero-order chi connectivity index (χ0) is 21.0. The van der Waals surface area contributed by atoms with Gasteiger partial charge in [-0.2, -0.15) is 0 Å². The van der Waals surface area contributed by atoms with Gasteiger partial charge >= 0.3 is 0 Å². The molecule has 0 aliphatic carbocycles. The number of hydrogen-bond donors (Lipinski definition) is 1. The molecular weight excluding hydrogens is 388 g/mol. The minimum atomic E-state index is -3.43. The summed E-state index contributed by atoms with van der Waals surface area (Å²) in [7, 11) is -3.43. The Kier molecular flexibility index (Phi) is 7.27. The van der Waals surface area contributed by atoms with Gasteiger partial charge in [-0.3, -0.25) is 4.98 Å². The third-order valence-corrected chi connectivity index (χ3v) is 7.30. The Bertz CT molecular complexity index is 922. The average molecular weight is 421 g/mol. The number of benzene rings is 1. The van der Waals surface area contributed by atoms with Gasteiger partial charge in [-0.05, 0) is 49.8 Å². The Hall–Kier alpha value is -1.54. The van der Waals surface area contributed by atoms with Crippen LogP contribution < -0.4 is 0 Å². The van der Waals surface area contributed by atoms with Crippen molar-refractivity contribution in [1.82, 2.24) is 9.29 Å². The van der Waals surface area contributed by atoms with Gasteiger partial charge in [0.25, 0.3) is 0 Å². The molecule has 29 heavy (non-hydrogen) atoms. The van der Waals surface area contributed by atoms with Crippen LogP contribution in [0.1, 0.15) is 44.4 Å². The van der Waals surface area contributed by atoms with E-state index >= 15 is 0 Å². The van der Waals surface area contributed by atoms with Crippen molar-refractivity contribution in [3.05, 3.63) is 41.6 Å². The second kappa shape index (κ2) is 9.51. The molecule has 1 N–H and O–H groups in total. The van der Waals surface area contributed by atoms with Gasteiger partial charge in [-0.25, -0.2) is 12.7 Å². The maximum Gasteiger partial charge on any atom is 0.216 e. The molecule has 7 heteroatoms. The predicted octanol–water partition coefficient (Wildman–Crippen LogP) is 3.26. The predicted molar refractivity (Wildman–Crippen MR) is 115 cm³/mol. The number of nitrogens with zero attached hydrogens (tertiary/aromatic N) is 2. The standard InChI is InChI=1S/C22H32N2O4S/c1-16(2)12-19(25)15-29(26,27)24-10-8-20(9-11-24)28-14-18-13-17(3)23-22-7-5-4-6-21(18)22/h4-7,13,16,19-20,25H,8-12,14-15H2,1-3H3. The summed E-state index contributed by atoms with van der Waals surface area (Å²) in [5.41, 5.74) is 3.04. The first-order valence-corrected chi connectivity index (χ1v) is 12.0. The second-order valence-corrected chi connectivity index (χ2v) is 10.4. The summed E-state index contributed by atoms with van der Waals surface area (Å²) in [4.78, 5) is 4.56. The first-order chi connectivity index (χ1) is 13.7. The molecule has 1 aromatic carbocycles. The first-order valence-electron chi connectivity index (χ1n) is 10.4. The Morgan fingerprint density at radius 2 is 1.93 bits per heavy atom. The molecule has 1 aromatic heterocycles. The summed E-state index contributed by atoms with van der Waals surface area (Å²) in [5, 5.41) is 11.1. The second-order valence-electron chi connectivity index (χ2n) is 8.41. The van der Waals surface area contributed by atoms with E-state index < -0.39 is 16.1 Å². The van der Waals surface area contributed by atoms with Gasteiger partial charge in [-0.15, -0.1) is 0 Å². The molecule has 1 aliphatic heterocycles. The van der Waals surface area contributed by atoms with Crippen LogP contribution in [0.3, 0.4) is 0 Å². The number of aliphatic hydroxyl groups excluding tert-OH is 1. The third-order valence-electron chi connectivity index (χ3n) is 5.35. The molecule has 2 heterocycles. The lowest BCUT2D eigenvalue weighted by atomic mass is 10.1. The van der Waals surface area contributed by atoms with Crippen molar-refractivity contribution in [3.8, 4) is 0 Å². The van der Waals surface area contributed by atoms with E-state index in [2.05, 4.69) is 17.1 Å². The minimum absolute atomic E-state index is 0.0364. The molecule has 1 atom stereocenters. The van der Waals surface area contributed by atoms with E-state index in [0.29, 0.717) is 39.0 Å². The fourth-order valence-electron chi connectivity index (χ4n) is 3.96. The number of ether oxygens (including phenoxy) is 1. The number of hydrogen-bond acceptors (Lipinski definition) is 5. The van der Waals surface area contributed by atoms with Crippen molar-refractivity contribution < 1.29 is 18.3 Å². The first kappa shape index (κ1) is 22.2. The number of para-hydroxylation sites is 1. The molecule has 1 unspecified atom stereocenters. The van der Waals surface area contributed by atoms with Crippen molar-refractivity contribution in [2.75, 3.05) is 18.8 Å². The van der Waals surface area contributed by atoms with Gasteiger partial charge in [0.2, 0.25) is 10.0 Å². The van der Waals surface area contributed by atoms with Gasteiger partial charge in [0.05, 0.1) is 30.1 Å². The summed E-state index contributed by atoms with van der Waals surface area (Å²) >= 11 is 0. The molecule has 1 saturated heterocycles. The largest absolute Gasteiger partial charge is 0.392 e. The van der Waals surface area contributed by atoms with E-state index in [1.54, 1.807) is 0 Å². The SMILES string of the molecule is Cc1cc(COC2CCN(S(=O)(=O)CC(O)CC(C)C)CC2)c2ccccc2n1. The fourth-order valence-corrected chi connectivity index (χ4v) is 5.56. The lowest BCUT2D eigenvalue weighted by Crippen LogP contribution is -2.43. The number of piperidine rings is 1. The van der Waals surface area contributed by atoms with E-state index in [4.69, 9.17) is 4.74 Å². The maximum absolute atomic E-state index is 12.6. The average Bonchev–Trinajstić information content (AvgIpc) is 2.65. The Morgan fingerprint density at radius 1 is 1.24 bits per heavy atom. The molecule has 160 valence electrons. The molecule has 0 saturated carbocycles. The van der Waals surface area contributed by atoms with Crippen molar-refractivity contribution >= 4 is 20.9 Å². The van der Waals surface area contributed by atoms with Crippen LogP contribution in [0, 0.1) is 12.8 Å². The van der Waals surface area contributed by atoms with Gasteiger partial charge in [0, 0.05) is 24.2 Å². The number of sulfonamides is 1. The highest BCUT2D eigenvalue weighted by atomic mass is 32.2. The van der Waals surface area contributed by atoms with E-state index in [-0.39, 0.29) is 17.8 Å². The molecule has 1 aliphatic rings. The molecule has 0 amide bonds. The highest BCUT2D eigenvalue weighted by molar-refractivity contribution is 7.89. The topological polar surface area (TPSA) is 79.7 Å². The van der Waals surface area contributed by atoms with Crippen molar-refractivity contribution in [2.45, 2.75) is 58.8 Å². The number of rotatable bonds is 8. The third kappa shape index (κ3) is 5.98. The van der Waals surface area contributed by atoms with Crippen molar-refractivity contribution in [3.63, 3.8) is 0 Å². The van der Waals surface area contributed by atoms with Gasteiger partial charge < -0.3 is 9.84 Å². The lowest BCUT2D eigenvalue weighted by molar-refractivity contribution is 0.0105. The van der Waals surface area contributed by atoms with Gasteiger partial charge in [-0.1, -0.05) is 32.0 Å². The molecule has 0 bridgehead atoms. The highest BCUT2D eigenvalue weighted by Crippen LogP contribution is 2.23. The van der Waals surface area contributed by atoms with Crippen LogP contribution in [0.5, 0.6) is 0 Å². The summed E-state index contributed by atoms with van der Waals surface area (Å²) in [6, 6.07) is 10.1. The van der Waals surface area contributed by atoms with Crippen LogP contribution in [-0.4, -0.2) is 53.9 Å². The maximum atomic E-state index is 12.6. The molecule has 0 radical (unpaired) electrons. The van der Waals surface area contributed by atoms with E-state index in [0.717, 1.165) is 22.2 Å². The van der Waals surface area contributed by atoms with Crippen LogP contribution in [0.4, 0.5) is 0 Å². The normalized spacial score (nSPS) is 17.8. The molecule has 6 nitrogen and oxygen atoms in total. The lowest BCUT2D eigenvalue weighted by Gasteiger charge is -2.32. The van der Waals surface area contributed by atoms with Crippen LogP contribution >= 0.6 is 0 Å². The number of aryl methyl sites for hydroxylation is 1. The van der Waals surface area contributed by atoms with Crippen LogP contribution in [0.15, 0.2) is 30.3 Å². The summed E-state index contributed by atoms with van der Waals surface area (Å²) in [6.07, 6.45) is 1.06. The zero-order valence-electron chi connectivity index (χ0n) is 17.5.